The van der Waals surface area contributed by atoms with Crippen LogP contribution in [0.5, 0.6) is 0 Å². The van der Waals surface area contributed by atoms with Crippen molar-refractivity contribution in [3.8, 4) is 0 Å². The summed E-state index contributed by atoms with van der Waals surface area (Å²) in [5.41, 5.74) is -0.922. The average molecular weight is 388 g/mol. The summed E-state index contributed by atoms with van der Waals surface area (Å²) >= 11 is 0. The van der Waals surface area contributed by atoms with Crippen LogP contribution in [0, 0.1) is 0 Å². The molecule has 1 unspecified atom stereocenters. The number of rotatable bonds is 7. The minimum absolute atomic E-state index is 0.0751. The number of hydrogen-bond donors (Lipinski definition) is 1. The van der Waals surface area contributed by atoms with Crippen LogP contribution >= 0.6 is 7.60 Å². The number of allylic oxidation sites excluding steroid dienone is 1. The molecular formula is C17H25O6PS. The summed E-state index contributed by atoms with van der Waals surface area (Å²) in [6.45, 7) is 3.67. The van der Waals surface area contributed by atoms with Crippen LogP contribution < -0.4 is 0 Å². The highest BCUT2D eigenvalue weighted by molar-refractivity contribution is 7.95. The molecule has 8 heteroatoms. The lowest BCUT2D eigenvalue weighted by atomic mass is 10.2. The van der Waals surface area contributed by atoms with E-state index in [2.05, 4.69) is 0 Å². The smallest absolute Gasteiger partial charge is 0.338 e. The molecule has 0 saturated heterocycles. The number of aliphatic hydroxyl groups is 1. The van der Waals surface area contributed by atoms with Crippen LogP contribution in [0.1, 0.15) is 33.1 Å². The van der Waals surface area contributed by atoms with Gasteiger partial charge in [-0.1, -0.05) is 18.2 Å². The Morgan fingerprint density at radius 3 is 2.28 bits per heavy atom. The molecule has 0 heterocycles. The first kappa shape index (κ1) is 20.3. The molecule has 0 bridgehead atoms. The van der Waals surface area contributed by atoms with E-state index in [1.54, 1.807) is 32.0 Å². The molecule has 140 valence electrons. The van der Waals surface area contributed by atoms with Crippen LogP contribution in [0.25, 0.3) is 0 Å². The quantitative estimate of drug-likeness (QED) is 0.719. The summed E-state index contributed by atoms with van der Waals surface area (Å²) in [4.78, 5) is 0.0221. The van der Waals surface area contributed by atoms with Gasteiger partial charge in [0.05, 0.1) is 34.8 Å². The molecule has 0 spiro atoms. The summed E-state index contributed by atoms with van der Waals surface area (Å²) < 4.78 is 50.4. The zero-order valence-corrected chi connectivity index (χ0v) is 16.2. The molecule has 0 fully saturated rings. The van der Waals surface area contributed by atoms with E-state index in [-0.39, 0.29) is 23.0 Å². The fourth-order valence-corrected chi connectivity index (χ4v) is 7.40. The predicted molar refractivity (Wildman–Crippen MR) is 96.2 cm³/mol. The molecule has 2 rings (SSSR count). The van der Waals surface area contributed by atoms with Crippen LogP contribution in [0.15, 0.2) is 46.2 Å². The molecule has 1 aliphatic rings. The Balaban J connectivity index is 2.57. The zero-order chi connectivity index (χ0) is 18.5. The summed E-state index contributed by atoms with van der Waals surface area (Å²) in [5, 5.41) is 10.1. The van der Waals surface area contributed by atoms with Crippen LogP contribution in [0.4, 0.5) is 0 Å². The largest absolute Gasteiger partial charge is 0.389 e. The maximum atomic E-state index is 13.3. The molecule has 0 aromatic heterocycles. The van der Waals surface area contributed by atoms with Gasteiger partial charge in [-0.2, -0.15) is 0 Å². The van der Waals surface area contributed by atoms with Crippen molar-refractivity contribution in [3.63, 3.8) is 0 Å². The third-order valence-electron chi connectivity index (χ3n) is 4.03. The van der Waals surface area contributed by atoms with Crippen molar-refractivity contribution >= 4 is 17.4 Å². The second kappa shape index (κ2) is 8.60. The molecular weight excluding hydrogens is 363 g/mol. The van der Waals surface area contributed by atoms with Gasteiger partial charge in [-0.05, 0) is 51.3 Å². The molecule has 0 saturated carbocycles. The number of benzene rings is 1. The summed E-state index contributed by atoms with van der Waals surface area (Å²) in [7, 11) is -7.60. The first-order valence-corrected chi connectivity index (χ1v) is 11.5. The summed E-state index contributed by atoms with van der Waals surface area (Å²) in [6, 6.07) is 7.94. The van der Waals surface area contributed by atoms with Gasteiger partial charge in [-0.25, -0.2) is 8.42 Å². The van der Waals surface area contributed by atoms with Gasteiger partial charge in [0, 0.05) is 0 Å². The summed E-state index contributed by atoms with van der Waals surface area (Å²) in [5.74, 6) is 0. The van der Waals surface area contributed by atoms with Crippen molar-refractivity contribution < 1.29 is 27.1 Å². The second-order valence-electron chi connectivity index (χ2n) is 5.77. The highest BCUT2D eigenvalue weighted by atomic mass is 32.2. The fraction of sp³-hybridized carbons (Fsp3) is 0.529. The Labute approximate surface area is 149 Å². The van der Waals surface area contributed by atoms with Crippen molar-refractivity contribution in [2.45, 2.75) is 49.8 Å². The van der Waals surface area contributed by atoms with Crippen LogP contribution in [0.3, 0.4) is 0 Å². The van der Waals surface area contributed by atoms with Gasteiger partial charge in [0.1, 0.15) is 0 Å². The first-order valence-electron chi connectivity index (χ1n) is 8.44. The summed E-state index contributed by atoms with van der Waals surface area (Å²) in [6.07, 6.45) is 1.63. The maximum absolute atomic E-state index is 13.3. The second-order valence-corrected chi connectivity index (χ2v) is 9.94. The van der Waals surface area contributed by atoms with Gasteiger partial charge in [-0.3, -0.25) is 4.57 Å². The van der Waals surface area contributed by atoms with Gasteiger partial charge in [0.15, 0.2) is 0 Å². The Kier molecular flexibility index (Phi) is 7.00. The highest BCUT2D eigenvalue weighted by Crippen LogP contribution is 2.59. The van der Waals surface area contributed by atoms with Gasteiger partial charge in [0.2, 0.25) is 9.84 Å². The van der Waals surface area contributed by atoms with E-state index in [0.29, 0.717) is 19.3 Å². The van der Waals surface area contributed by atoms with E-state index in [1.165, 1.54) is 18.2 Å². The van der Waals surface area contributed by atoms with Gasteiger partial charge < -0.3 is 14.2 Å². The lowest BCUT2D eigenvalue weighted by Gasteiger charge is -2.27. The fourth-order valence-electron chi connectivity index (χ4n) is 2.94. The van der Waals surface area contributed by atoms with Gasteiger partial charge in [-0.15, -0.1) is 0 Å². The van der Waals surface area contributed by atoms with Crippen LogP contribution in [0.2, 0.25) is 0 Å². The Bertz CT molecular complexity index is 734. The molecule has 6 nitrogen and oxygen atoms in total. The van der Waals surface area contributed by atoms with Crippen molar-refractivity contribution in [2.24, 2.45) is 0 Å². The van der Waals surface area contributed by atoms with Gasteiger partial charge in [0.25, 0.3) is 0 Å². The number of sulfone groups is 1. The third-order valence-corrected chi connectivity index (χ3v) is 8.67. The van der Waals surface area contributed by atoms with Crippen LogP contribution in [-0.4, -0.2) is 38.5 Å². The third kappa shape index (κ3) is 4.60. The van der Waals surface area contributed by atoms with Crippen molar-refractivity contribution in [3.05, 3.63) is 41.3 Å². The SMILES string of the molecule is CCOP(=O)(OCC)C1CCC[C@H](O)C=C1S(=O)(=O)c1ccccc1. The Morgan fingerprint density at radius 1 is 1.12 bits per heavy atom. The van der Waals surface area contributed by atoms with E-state index >= 15 is 0 Å². The molecule has 0 amide bonds. The minimum atomic E-state index is -3.92. The molecule has 1 N–H and O–H groups in total. The lowest BCUT2D eigenvalue weighted by molar-refractivity contribution is 0.207. The van der Waals surface area contributed by atoms with E-state index in [1.807, 2.05) is 0 Å². The molecule has 0 radical (unpaired) electrons. The van der Waals surface area contributed by atoms with E-state index in [9.17, 15) is 18.1 Å². The zero-order valence-electron chi connectivity index (χ0n) is 14.5. The molecule has 1 aliphatic carbocycles. The molecule has 0 aliphatic heterocycles. The van der Waals surface area contributed by atoms with Crippen molar-refractivity contribution in [1.82, 2.24) is 0 Å². The Morgan fingerprint density at radius 2 is 1.72 bits per heavy atom. The molecule has 2 atom stereocenters. The van der Waals surface area contributed by atoms with Crippen LogP contribution in [-0.2, 0) is 23.4 Å². The highest BCUT2D eigenvalue weighted by Gasteiger charge is 2.44. The standard InChI is InChI=1S/C17H25O6PS/c1-3-22-24(19,23-4-2)16-12-8-9-14(18)13-17(16)25(20,21)15-10-6-5-7-11-15/h5-7,10-11,13-14,16,18H,3-4,8-9,12H2,1-2H3/t14-,16?/m0/s1. The maximum Gasteiger partial charge on any atom is 0.338 e. The molecule has 1 aromatic carbocycles. The Hall–Kier alpha value is -0.980. The topological polar surface area (TPSA) is 89.9 Å². The monoisotopic (exact) mass is 388 g/mol. The number of hydrogen-bond acceptors (Lipinski definition) is 6. The molecule has 25 heavy (non-hydrogen) atoms. The van der Waals surface area contributed by atoms with E-state index in [4.69, 9.17) is 9.05 Å². The normalized spacial score (nSPS) is 22.3. The first-order chi connectivity index (χ1) is 11.8. The lowest BCUT2D eigenvalue weighted by Crippen LogP contribution is -2.22. The predicted octanol–water partition coefficient (Wildman–Crippen LogP) is 3.52. The van der Waals surface area contributed by atoms with Crippen molar-refractivity contribution in [1.29, 1.82) is 0 Å². The number of aliphatic hydroxyl groups excluding tert-OH is 1. The van der Waals surface area contributed by atoms with Gasteiger partial charge >= 0.3 is 7.60 Å². The van der Waals surface area contributed by atoms with Crippen molar-refractivity contribution in [2.75, 3.05) is 13.2 Å². The van der Waals surface area contributed by atoms with E-state index < -0.39 is 29.2 Å². The minimum Gasteiger partial charge on any atom is -0.389 e. The average Bonchev–Trinajstić information content (AvgIpc) is 2.78. The molecule has 1 aromatic rings. The van der Waals surface area contributed by atoms with E-state index in [0.717, 1.165) is 0 Å².